The third-order valence-corrected chi connectivity index (χ3v) is 5.20. The Bertz CT molecular complexity index is 1240. The van der Waals surface area contributed by atoms with E-state index in [1.807, 2.05) is 18.4 Å². The number of carbonyl (C=O) groups is 2. The van der Waals surface area contributed by atoms with Crippen molar-refractivity contribution in [3.05, 3.63) is 101 Å². The SMILES string of the molecule is Cc1cc(C(=O)COC(=O)c2ccc(Cn3cccn3)o2)c(C)n1Cc1ccc(F)cc1. The molecule has 0 aliphatic carbocycles. The average molecular weight is 435 g/mol. The van der Waals surface area contributed by atoms with Crippen LogP contribution in [-0.4, -0.2) is 32.7 Å². The summed E-state index contributed by atoms with van der Waals surface area (Å²) in [5.41, 5.74) is 3.04. The molecule has 0 spiro atoms. The van der Waals surface area contributed by atoms with Gasteiger partial charge in [-0.2, -0.15) is 5.10 Å². The summed E-state index contributed by atoms with van der Waals surface area (Å²) >= 11 is 0. The molecular weight excluding hydrogens is 413 g/mol. The number of esters is 1. The van der Waals surface area contributed by atoms with Crippen LogP contribution in [0, 0.1) is 19.7 Å². The zero-order valence-electron chi connectivity index (χ0n) is 17.7. The van der Waals surface area contributed by atoms with E-state index >= 15 is 0 Å². The van der Waals surface area contributed by atoms with E-state index in [0.717, 1.165) is 17.0 Å². The van der Waals surface area contributed by atoms with Gasteiger partial charge in [-0.1, -0.05) is 12.1 Å². The van der Waals surface area contributed by atoms with Gasteiger partial charge in [0.25, 0.3) is 0 Å². The molecule has 0 fully saturated rings. The van der Waals surface area contributed by atoms with Crippen LogP contribution in [0.4, 0.5) is 4.39 Å². The Hall–Kier alpha value is -3.94. The fourth-order valence-electron chi connectivity index (χ4n) is 3.51. The molecule has 0 bridgehead atoms. The highest BCUT2D eigenvalue weighted by atomic mass is 19.1. The number of benzene rings is 1. The van der Waals surface area contributed by atoms with Crippen molar-refractivity contribution >= 4 is 11.8 Å². The van der Waals surface area contributed by atoms with Crippen molar-refractivity contribution in [2.75, 3.05) is 6.61 Å². The van der Waals surface area contributed by atoms with Gasteiger partial charge in [-0.05, 0) is 55.8 Å². The van der Waals surface area contributed by atoms with Crippen LogP contribution in [-0.2, 0) is 17.8 Å². The van der Waals surface area contributed by atoms with E-state index in [1.54, 1.807) is 47.4 Å². The molecule has 0 unspecified atom stereocenters. The smallest absolute Gasteiger partial charge is 0.374 e. The minimum absolute atomic E-state index is 0.0294. The van der Waals surface area contributed by atoms with Gasteiger partial charge in [-0.25, -0.2) is 9.18 Å². The number of rotatable bonds is 8. The Kier molecular flexibility index (Phi) is 6.02. The van der Waals surface area contributed by atoms with Crippen LogP contribution in [0.5, 0.6) is 0 Å². The predicted octanol–water partition coefficient (Wildman–Crippen LogP) is 4.17. The minimum Gasteiger partial charge on any atom is -0.452 e. The van der Waals surface area contributed by atoms with Crippen molar-refractivity contribution in [2.24, 2.45) is 0 Å². The molecule has 3 aromatic heterocycles. The maximum absolute atomic E-state index is 13.1. The van der Waals surface area contributed by atoms with E-state index in [0.29, 0.717) is 24.4 Å². The quantitative estimate of drug-likeness (QED) is 0.307. The summed E-state index contributed by atoms with van der Waals surface area (Å²) in [5, 5.41) is 4.08. The lowest BCUT2D eigenvalue weighted by atomic mass is 10.1. The predicted molar refractivity (Wildman–Crippen MR) is 114 cm³/mol. The topological polar surface area (TPSA) is 79.3 Å². The monoisotopic (exact) mass is 435 g/mol. The fourth-order valence-corrected chi connectivity index (χ4v) is 3.51. The number of furan rings is 1. The average Bonchev–Trinajstić information content (AvgIpc) is 3.52. The Morgan fingerprint density at radius 1 is 1.09 bits per heavy atom. The summed E-state index contributed by atoms with van der Waals surface area (Å²) < 4.78 is 27.5. The lowest BCUT2D eigenvalue weighted by molar-refractivity contribution is 0.0442. The highest BCUT2D eigenvalue weighted by Crippen LogP contribution is 2.19. The Morgan fingerprint density at radius 3 is 2.59 bits per heavy atom. The number of carbonyl (C=O) groups excluding carboxylic acids is 2. The van der Waals surface area contributed by atoms with E-state index < -0.39 is 12.6 Å². The molecule has 4 rings (SSSR count). The van der Waals surface area contributed by atoms with E-state index in [-0.39, 0.29) is 17.4 Å². The van der Waals surface area contributed by atoms with Crippen LogP contribution in [0.2, 0.25) is 0 Å². The van der Waals surface area contributed by atoms with Crippen LogP contribution in [0.1, 0.15) is 43.6 Å². The third kappa shape index (κ3) is 4.69. The highest BCUT2D eigenvalue weighted by Gasteiger charge is 2.19. The Balaban J connectivity index is 1.38. The molecule has 7 nitrogen and oxygen atoms in total. The number of ether oxygens (including phenoxy) is 1. The number of halogens is 1. The number of aryl methyl sites for hydroxylation is 1. The summed E-state index contributed by atoms with van der Waals surface area (Å²) in [4.78, 5) is 25.0. The van der Waals surface area contributed by atoms with Gasteiger partial charge < -0.3 is 13.7 Å². The first-order chi connectivity index (χ1) is 15.4. The molecule has 0 radical (unpaired) electrons. The lowest BCUT2D eigenvalue weighted by Crippen LogP contribution is -2.15. The number of Topliss-reactive ketones (excluding diaryl/α,β-unsaturated/α-hetero) is 1. The van der Waals surface area contributed by atoms with Crippen LogP contribution in [0.3, 0.4) is 0 Å². The number of ketones is 1. The Morgan fingerprint density at radius 2 is 1.88 bits per heavy atom. The fraction of sp³-hybridized carbons (Fsp3) is 0.208. The van der Waals surface area contributed by atoms with Gasteiger partial charge >= 0.3 is 5.97 Å². The first kappa shape index (κ1) is 21.3. The largest absolute Gasteiger partial charge is 0.452 e. The minimum atomic E-state index is -0.704. The first-order valence-electron chi connectivity index (χ1n) is 10.1. The summed E-state index contributed by atoms with van der Waals surface area (Å²) in [7, 11) is 0. The molecule has 0 N–H and O–H groups in total. The van der Waals surface area contributed by atoms with Crippen LogP contribution < -0.4 is 0 Å². The second-order valence-electron chi connectivity index (χ2n) is 7.47. The standard InChI is InChI=1S/C24H22FN3O4/c1-16-12-21(17(2)28(16)13-18-4-6-19(25)7-5-18)22(29)15-31-24(30)23-9-8-20(32-23)14-27-11-3-10-26-27/h3-12H,13-15H2,1-2H3. The van der Waals surface area contributed by atoms with Crippen molar-refractivity contribution in [1.82, 2.24) is 14.3 Å². The summed E-state index contributed by atoms with van der Waals surface area (Å²) in [6.07, 6.45) is 3.44. The first-order valence-corrected chi connectivity index (χ1v) is 10.1. The molecule has 4 aromatic rings. The van der Waals surface area contributed by atoms with Gasteiger partial charge in [0.1, 0.15) is 11.6 Å². The van der Waals surface area contributed by atoms with Gasteiger partial charge in [0, 0.05) is 35.9 Å². The van der Waals surface area contributed by atoms with Gasteiger partial charge in [-0.15, -0.1) is 0 Å². The summed E-state index contributed by atoms with van der Waals surface area (Å²) in [6, 6.07) is 13.0. The zero-order valence-corrected chi connectivity index (χ0v) is 17.7. The number of hydrogen-bond acceptors (Lipinski definition) is 5. The molecule has 164 valence electrons. The summed E-state index contributed by atoms with van der Waals surface area (Å²) in [6.45, 7) is 4.23. The third-order valence-electron chi connectivity index (χ3n) is 5.20. The summed E-state index contributed by atoms with van der Waals surface area (Å²) in [5.74, 6) is -0.721. The number of aromatic nitrogens is 3. The molecule has 1 aromatic carbocycles. The molecule has 0 aliphatic rings. The van der Waals surface area contributed by atoms with Gasteiger partial charge in [-0.3, -0.25) is 9.48 Å². The molecule has 0 aliphatic heterocycles. The van der Waals surface area contributed by atoms with E-state index in [4.69, 9.17) is 9.15 Å². The molecule has 32 heavy (non-hydrogen) atoms. The molecule has 3 heterocycles. The molecule has 0 saturated carbocycles. The van der Waals surface area contributed by atoms with Gasteiger partial charge in [0.15, 0.2) is 6.61 Å². The van der Waals surface area contributed by atoms with Crippen molar-refractivity contribution < 1.29 is 23.1 Å². The highest BCUT2D eigenvalue weighted by molar-refractivity contribution is 6.00. The Labute approximate surface area is 184 Å². The molecular formula is C24H22FN3O4. The maximum atomic E-state index is 13.1. The number of hydrogen-bond donors (Lipinski definition) is 0. The van der Waals surface area contributed by atoms with E-state index in [2.05, 4.69) is 5.10 Å². The van der Waals surface area contributed by atoms with Crippen LogP contribution in [0.15, 0.2) is 65.3 Å². The second kappa shape index (κ2) is 9.05. The van der Waals surface area contributed by atoms with Gasteiger partial charge in [0.2, 0.25) is 11.5 Å². The lowest BCUT2D eigenvalue weighted by Gasteiger charge is -2.10. The van der Waals surface area contributed by atoms with Crippen molar-refractivity contribution in [3.63, 3.8) is 0 Å². The second-order valence-corrected chi connectivity index (χ2v) is 7.47. The van der Waals surface area contributed by atoms with E-state index in [9.17, 15) is 14.0 Å². The van der Waals surface area contributed by atoms with Crippen LogP contribution in [0.25, 0.3) is 0 Å². The molecule has 0 saturated heterocycles. The number of nitrogens with zero attached hydrogens (tertiary/aromatic N) is 3. The normalized spacial score (nSPS) is 11.0. The maximum Gasteiger partial charge on any atom is 0.374 e. The molecule has 0 atom stereocenters. The van der Waals surface area contributed by atoms with Gasteiger partial charge in [0.05, 0.1) is 6.54 Å². The van der Waals surface area contributed by atoms with Crippen molar-refractivity contribution in [3.8, 4) is 0 Å². The van der Waals surface area contributed by atoms with E-state index in [1.165, 1.54) is 18.2 Å². The molecule has 8 heteroatoms. The van der Waals surface area contributed by atoms with Crippen molar-refractivity contribution in [1.29, 1.82) is 0 Å². The van der Waals surface area contributed by atoms with Crippen LogP contribution >= 0.6 is 0 Å². The molecule has 0 amide bonds. The van der Waals surface area contributed by atoms with Crippen molar-refractivity contribution in [2.45, 2.75) is 26.9 Å². The zero-order chi connectivity index (χ0) is 22.7.